The number of rotatable bonds is 4. The SMILES string of the molecule is c1ccc(-c2nc(-c3cccc(-c4cccc5oc6ccccc6c45)c3)nc(-c3cccc4c3oc3ccccc34)n2)cc1. The Bertz CT molecular complexity index is 2510. The highest BCUT2D eigenvalue weighted by molar-refractivity contribution is 6.12. The van der Waals surface area contributed by atoms with Gasteiger partial charge >= 0.3 is 0 Å². The first-order chi connectivity index (χ1) is 21.8. The summed E-state index contributed by atoms with van der Waals surface area (Å²) in [4.78, 5) is 15.0. The van der Waals surface area contributed by atoms with E-state index in [1.807, 2.05) is 97.1 Å². The third kappa shape index (κ3) is 3.91. The van der Waals surface area contributed by atoms with Gasteiger partial charge in [0.2, 0.25) is 0 Å². The summed E-state index contributed by atoms with van der Waals surface area (Å²) in [5, 5.41) is 4.29. The van der Waals surface area contributed by atoms with Gasteiger partial charge in [-0.3, -0.25) is 0 Å². The molecule has 0 fully saturated rings. The molecule has 0 spiro atoms. The number of furan rings is 2. The number of fused-ring (bicyclic) bond motifs is 6. The Hall–Kier alpha value is -6.07. The molecule has 206 valence electrons. The first-order valence-corrected chi connectivity index (χ1v) is 14.5. The van der Waals surface area contributed by atoms with Gasteiger partial charge in [0.25, 0.3) is 0 Å². The molecule has 6 aromatic carbocycles. The highest BCUT2D eigenvalue weighted by Crippen LogP contribution is 2.39. The monoisotopic (exact) mass is 565 g/mol. The van der Waals surface area contributed by atoms with E-state index >= 15 is 0 Å². The molecule has 3 aromatic heterocycles. The Morgan fingerprint density at radius 1 is 0.364 bits per heavy atom. The van der Waals surface area contributed by atoms with Crippen molar-refractivity contribution in [1.29, 1.82) is 0 Å². The summed E-state index contributed by atoms with van der Waals surface area (Å²) in [6.45, 7) is 0. The topological polar surface area (TPSA) is 65.0 Å². The number of nitrogens with zero attached hydrogens (tertiary/aromatic N) is 3. The maximum absolute atomic E-state index is 6.37. The predicted octanol–water partition coefficient (Wildman–Crippen LogP) is 10.3. The summed E-state index contributed by atoms with van der Waals surface area (Å²) >= 11 is 0. The smallest absolute Gasteiger partial charge is 0.167 e. The Labute approximate surface area is 252 Å². The molecular weight excluding hydrogens is 542 g/mol. The molecule has 5 nitrogen and oxygen atoms in total. The molecule has 0 saturated heterocycles. The van der Waals surface area contributed by atoms with E-state index in [4.69, 9.17) is 23.8 Å². The summed E-state index contributed by atoms with van der Waals surface area (Å²) in [5.74, 6) is 1.76. The molecule has 0 bridgehead atoms. The lowest BCUT2D eigenvalue weighted by atomic mass is 9.98. The number of benzene rings is 6. The minimum atomic E-state index is 0.562. The van der Waals surface area contributed by atoms with Gasteiger partial charge in [0, 0.05) is 32.7 Å². The van der Waals surface area contributed by atoms with Gasteiger partial charge in [0.1, 0.15) is 22.3 Å². The van der Waals surface area contributed by atoms with Crippen molar-refractivity contribution in [2.75, 3.05) is 0 Å². The molecule has 3 heterocycles. The number of hydrogen-bond donors (Lipinski definition) is 0. The molecule has 0 atom stereocenters. The van der Waals surface area contributed by atoms with E-state index in [9.17, 15) is 0 Å². The molecule has 9 rings (SSSR count). The van der Waals surface area contributed by atoms with Crippen LogP contribution in [0.15, 0.2) is 148 Å². The van der Waals surface area contributed by atoms with Crippen LogP contribution in [-0.2, 0) is 0 Å². The van der Waals surface area contributed by atoms with Gasteiger partial charge in [0.15, 0.2) is 17.5 Å². The van der Waals surface area contributed by atoms with Crippen molar-refractivity contribution in [2.45, 2.75) is 0 Å². The predicted molar refractivity (Wildman–Crippen MR) is 176 cm³/mol. The van der Waals surface area contributed by atoms with Gasteiger partial charge in [-0.15, -0.1) is 0 Å². The molecule has 0 amide bonds. The maximum Gasteiger partial charge on any atom is 0.167 e. The molecule has 9 aromatic rings. The second kappa shape index (κ2) is 9.75. The molecule has 44 heavy (non-hydrogen) atoms. The first-order valence-electron chi connectivity index (χ1n) is 14.5. The van der Waals surface area contributed by atoms with Crippen molar-refractivity contribution in [2.24, 2.45) is 0 Å². The average Bonchev–Trinajstić information content (AvgIpc) is 3.67. The van der Waals surface area contributed by atoms with E-state index in [1.54, 1.807) is 0 Å². The van der Waals surface area contributed by atoms with Crippen molar-refractivity contribution < 1.29 is 8.83 Å². The van der Waals surface area contributed by atoms with Crippen molar-refractivity contribution in [1.82, 2.24) is 15.0 Å². The van der Waals surface area contributed by atoms with Crippen LogP contribution in [0.4, 0.5) is 0 Å². The molecule has 0 aliphatic heterocycles. The lowest BCUT2D eigenvalue weighted by Gasteiger charge is -2.10. The van der Waals surface area contributed by atoms with Gasteiger partial charge in [-0.1, -0.05) is 109 Å². The van der Waals surface area contributed by atoms with Gasteiger partial charge in [-0.2, -0.15) is 0 Å². The molecule has 0 aliphatic carbocycles. The minimum absolute atomic E-state index is 0.562. The van der Waals surface area contributed by atoms with Gasteiger partial charge in [-0.05, 0) is 41.5 Å². The van der Waals surface area contributed by atoms with Crippen LogP contribution >= 0.6 is 0 Å². The van der Waals surface area contributed by atoms with Crippen molar-refractivity contribution >= 4 is 43.9 Å². The highest BCUT2D eigenvalue weighted by atomic mass is 16.3. The lowest BCUT2D eigenvalue weighted by molar-refractivity contribution is 0.669. The fourth-order valence-corrected chi connectivity index (χ4v) is 6.11. The van der Waals surface area contributed by atoms with Gasteiger partial charge in [0.05, 0.1) is 5.56 Å². The zero-order valence-electron chi connectivity index (χ0n) is 23.4. The fourth-order valence-electron chi connectivity index (χ4n) is 6.11. The van der Waals surface area contributed by atoms with E-state index in [2.05, 4.69) is 42.5 Å². The van der Waals surface area contributed by atoms with Crippen LogP contribution in [-0.4, -0.2) is 15.0 Å². The molecule has 0 radical (unpaired) electrons. The quantitative estimate of drug-likeness (QED) is 0.212. The second-order valence-corrected chi connectivity index (χ2v) is 10.8. The van der Waals surface area contributed by atoms with Crippen LogP contribution in [0, 0.1) is 0 Å². The second-order valence-electron chi connectivity index (χ2n) is 10.8. The lowest BCUT2D eigenvalue weighted by Crippen LogP contribution is -2.00. The Kier molecular flexibility index (Phi) is 5.43. The normalized spacial score (nSPS) is 11.6. The number of aromatic nitrogens is 3. The van der Waals surface area contributed by atoms with Crippen LogP contribution in [0.5, 0.6) is 0 Å². The number of hydrogen-bond acceptors (Lipinski definition) is 5. The minimum Gasteiger partial charge on any atom is -0.456 e. The number of para-hydroxylation sites is 3. The van der Waals surface area contributed by atoms with Crippen LogP contribution in [0.2, 0.25) is 0 Å². The van der Waals surface area contributed by atoms with E-state index in [0.717, 1.165) is 71.7 Å². The molecule has 0 N–H and O–H groups in total. The molecule has 0 unspecified atom stereocenters. The molecule has 0 saturated carbocycles. The summed E-state index contributed by atoms with van der Waals surface area (Å²) in [6, 6.07) is 46.9. The summed E-state index contributed by atoms with van der Waals surface area (Å²) in [7, 11) is 0. The zero-order chi connectivity index (χ0) is 29.0. The van der Waals surface area contributed by atoms with Crippen LogP contribution in [0.3, 0.4) is 0 Å². The average molecular weight is 566 g/mol. The van der Waals surface area contributed by atoms with Gasteiger partial charge in [-0.25, -0.2) is 15.0 Å². The van der Waals surface area contributed by atoms with Crippen LogP contribution in [0.1, 0.15) is 0 Å². The van der Waals surface area contributed by atoms with Crippen molar-refractivity contribution in [3.63, 3.8) is 0 Å². The van der Waals surface area contributed by atoms with Crippen molar-refractivity contribution in [3.8, 4) is 45.3 Å². The zero-order valence-corrected chi connectivity index (χ0v) is 23.4. The highest BCUT2D eigenvalue weighted by Gasteiger charge is 2.18. The Morgan fingerprint density at radius 2 is 0.932 bits per heavy atom. The molecule has 5 heteroatoms. The standard InChI is InChI=1S/C39H23N3O2/c1-2-11-24(12-3-1)37-40-38(42-39(41-37)31-19-9-18-29-28-15-4-6-20-32(28)44-36(29)31)26-14-8-13-25(23-26)27-17-10-22-34-35(27)30-16-5-7-21-33(30)43-34/h1-23H. The van der Waals surface area contributed by atoms with Gasteiger partial charge < -0.3 is 8.83 Å². The molecular formula is C39H23N3O2. The summed E-state index contributed by atoms with van der Waals surface area (Å²) in [6.07, 6.45) is 0. The fraction of sp³-hybridized carbons (Fsp3) is 0. The van der Waals surface area contributed by atoms with E-state index in [0.29, 0.717) is 17.5 Å². The Balaban J connectivity index is 1.26. The first kappa shape index (κ1) is 24.5. The van der Waals surface area contributed by atoms with Crippen LogP contribution < -0.4 is 0 Å². The largest absolute Gasteiger partial charge is 0.456 e. The third-order valence-electron chi connectivity index (χ3n) is 8.15. The molecule has 0 aliphatic rings. The Morgan fingerprint density at radius 3 is 1.80 bits per heavy atom. The maximum atomic E-state index is 6.37. The summed E-state index contributed by atoms with van der Waals surface area (Å²) in [5.41, 5.74) is 8.12. The van der Waals surface area contributed by atoms with Crippen molar-refractivity contribution in [3.05, 3.63) is 140 Å². The van der Waals surface area contributed by atoms with E-state index in [-0.39, 0.29) is 0 Å². The van der Waals surface area contributed by atoms with E-state index in [1.165, 1.54) is 0 Å². The third-order valence-corrected chi connectivity index (χ3v) is 8.15. The van der Waals surface area contributed by atoms with E-state index < -0.39 is 0 Å². The summed E-state index contributed by atoms with van der Waals surface area (Å²) < 4.78 is 12.5. The van der Waals surface area contributed by atoms with Crippen LogP contribution in [0.25, 0.3) is 89.2 Å².